The molecule has 5 atom stereocenters. The third kappa shape index (κ3) is 1.37. The lowest BCUT2D eigenvalue weighted by atomic mass is 9.67. The molecule has 5 unspecified atom stereocenters. The van der Waals surface area contributed by atoms with Gasteiger partial charge >= 0.3 is 0 Å². The summed E-state index contributed by atoms with van der Waals surface area (Å²) in [5.74, 6) is 1.74. The fourth-order valence-electron chi connectivity index (χ4n) is 4.78. The Labute approximate surface area is 120 Å². The highest BCUT2D eigenvalue weighted by atomic mass is 79.9. The van der Waals surface area contributed by atoms with E-state index in [0.29, 0.717) is 28.9 Å². The first-order valence-electron chi connectivity index (χ1n) is 6.97. The van der Waals surface area contributed by atoms with Gasteiger partial charge in [0.25, 0.3) is 0 Å². The van der Waals surface area contributed by atoms with Crippen molar-refractivity contribution in [2.24, 2.45) is 29.6 Å². The molecule has 4 rings (SSSR count). The highest BCUT2D eigenvalue weighted by Crippen LogP contribution is 2.59. The molecular formula is C16H15BrO2. The van der Waals surface area contributed by atoms with Gasteiger partial charge in [-0.2, -0.15) is 0 Å². The Kier molecular flexibility index (Phi) is 2.36. The minimum atomic E-state index is -0.0388. The van der Waals surface area contributed by atoms with E-state index in [0.717, 1.165) is 17.3 Å². The van der Waals surface area contributed by atoms with Gasteiger partial charge in [-0.15, -0.1) is 0 Å². The van der Waals surface area contributed by atoms with Gasteiger partial charge in [-0.05, 0) is 48.8 Å². The summed E-state index contributed by atoms with van der Waals surface area (Å²) in [7, 11) is 0. The van der Waals surface area contributed by atoms with E-state index < -0.39 is 0 Å². The van der Waals surface area contributed by atoms with Crippen LogP contribution in [0.1, 0.15) is 40.5 Å². The second-order valence-electron chi connectivity index (χ2n) is 6.23. The molecule has 0 aromatic heterocycles. The summed E-state index contributed by atoms with van der Waals surface area (Å²) in [6.45, 7) is 2.22. The highest BCUT2D eigenvalue weighted by molar-refractivity contribution is 9.10. The van der Waals surface area contributed by atoms with Crippen LogP contribution in [0.25, 0.3) is 0 Å². The molecule has 19 heavy (non-hydrogen) atoms. The van der Waals surface area contributed by atoms with E-state index in [-0.39, 0.29) is 23.4 Å². The number of ketones is 2. The number of carbonyl (C=O) groups is 2. The molecule has 3 aliphatic carbocycles. The summed E-state index contributed by atoms with van der Waals surface area (Å²) >= 11 is 3.40. The van der Waals surface area contributed by atoms with Crippen LogP contribution < -0.4 is 0 Å². The number of carbonyl (C=O) groups excluding carboxylic acids is 2. The first-order valence-corrected chi connectivity index (χ1v) is 7.77. The summed E-state index contributed by atoms with van der Waals surface area (Å²) in [4.78, 5) is 25.5. The van der Waals surface area contributed by atoms with Gasteiger partial charge in [-0.25, -0.2) is 0 Å². The topological polar surface area (TPSA) is 34.1 Å². The lowest BCUT2D eigenvalue weighted by Crippen LogP contribution is -2.40. The summed E-state index contributed by atoms with van der Waals surface area (Å²) in [5, 5.41) is 0. The Morgan fingerprint density at radius 1 is 1.00 bits per heavy atom. The van der Waals surface area contributed by atoms with E-state index in [1.807, 2.05) is 18.2 Å². The fourth-order valence-corrected chi connectivity index (χ4v) is 5.14. The summed E-state index contributed by atoms with van der Waals surface area (Å²) in [6.07, 6.45) is 2.24. The minimum Gasteiger partial charge on any atom is -0.294 e. The van der Waals surface area contributed by atoms with E-state index >= 15 is 0 Å². The van der Waals surface area contributed by atoms with Crippen molar-refractivity contribution >= 4 is 27.5 Å². The first-order chi connectivity index (χ1) is 9.09. The van der Waals surface area contributed by atoms with Gasteiger partial charge < -0.3 is 0 Å². The molecule has 0 N–H and O–H groups in total. The lowest BCUT2D eigenvalue weighted by molar-refractivity contribution is 0.0661. The zero-order valence-corrected chi connectivity index (χ0v) is 12.3. The number of halogens is 1. The van der Waals surface area contributed by atoms with Crippen LogP contribution in [-0.4, -0.2) is 11.6 Å². The largest absolute Gasteiger partial charge is 0.294 e. The van der Waals surface area contributed by atoms with Crippen LogP contribution in [0.5, 0.6) is 0 Å². The zero-order valence-electron chi connectivity index (χ0n) is 10.7. The molecule has 98 valence electrons. The van der Waals surface area contributed by atoms with E-state index in [4.69, 9.17) is 0 Å². The Morgan fingerprint density at radius 2 is 1.58 bits per heavy atom. The van der Waals surface area contributed by atoms with Gasteiger partial charge in [0.2, 0.25) is 0 Å². The Bertz CT molecular complexity index is 607. The molecule has 1 aromatic rings. The third-order valence-electron chi connectivity index (χ3n) is 5.61. The average molecular weight is 319 g/mol. The standard InChI is InChI=1S/C16H15BrO2/c1-7-9-4-5-10(7)14-13(9)15(18)11-3-2-8(17)6-12(11)16(14)19/h2-3,6-7,9-10,13-14H,4-5H2,1H3. The van der Waals surface area contributed by atoms with Crippen molar-refractivity contribution in [3.8, 4) is 0 Å². The second kappa shape index (κ2) is 3.78. The predicted octanol–water partition coefficient (Wildman–Crippen LogP) is 3.74. The van der Waals surface area contributed by atoms with Crippen LogP contribution in [-0.2, 0) is 0 Å². The number of Topliss-reactive ketones (excluding diaryl/α,β-unsaturated/α-hetero) is 2. The van der Waals surface area contributed by atoms with Crippen LogP contribution in [0.4, 0.5) is 0 Å². The Hall–Kier alpha value is -0.960. The van der Waals surface area contributed by atoms with Gasteiger partial charge in [0.05, 0.1) is 0 Å². The van der Waals surface area contributed by atoms with Crippen LogP contribution in [0, 0.1) is 29.6 Å². The molecule has 2 fully saturated rings. The first kappa shape index (κ1) is 11.8. The molecule has 2 nitrogen and oxygen atoms in total. The molecule has 0 spiro atoms. The maximum atomic E-state index is 12.8. The molecular weight excluding hydrogens is 304 g/mol. The molecule has 0 heterocycles. The molecule has 3 aliphatic rings. The van der Waals surface area contributed by atoms with Crippen molar-refractivity contribution in [2.75, 3.05) is 0 Å². The van der Waals surface area contributed by atoms with Gasteiger partial charge in [-0.1, -0.05) is 22.9 Å². The van der Waals surface area contributed by atoms with Crippen molar-refractivity contribution in [3.63, 3.8) is 0 Å². The zero-order chi connectivity index (χ0) is 13.3. The second-order valence-corrected chi connectivity index (χ2v) is 7.15. The number of hydrogen-bond donors (Lipinski definition) is 0. The summed E-state index contributed by atoms with van der Waals surface area (Å²) in [5.41, 5.74) is 1.29. The van der Waals surface area contributed by atoms with Crippen LogP contribution in [0.15, 0.2) is 22.7 Å². The Balaban J connectivity index is 1.90. The van der Waals surface area contributed by atoms with Gasteiger partial charge in [0.1, 0.15) is 0 Å². The van der Waals surface area contributed by atoms with E-state index in [1.165, 1.54) is 0 Å². The van der Waals surface area contributed by atoms with Crippen molar-refractivity contribution < 1.29 is 9.59 Å². The van der Waals surface area contributed by atoms with Crippen molar-refractivity contribution in [1.82, 2.24) is 0 Å². The number of benzene rings is 1. The quantitative estimate of drug-likeness (QED) is 0.730. The van der Waals surface area contributed by atoms with Crippen LogP contribution in [0.2, 0.25) is 0 Å². The molecule has 1 aromatic carbocycles. The van der Waals surface area contributed by atoms with Gasteiger partial charge in [0.15, 0.2) is 11.6 Å². The SMILES string of the molecule is CC1C2CCC1C1C(=O)c3cc(Br)ccc3C(=O)C21. The predicted molar refractivity (Wildman–Crippen MR) is 75.2 cm³/mol. The fraction of sp³-hybridized carbons (Fsp3) is 0.500. The van der Waals surface area contributed by atoms with Gasteiger partial charge in [-0.3, -0.25) is 9.59 Å². The normalized spacial score (nSPS) is 39.4. The van der Waals surface area contributed by atoms with Crippen LogP contribution >= 0.6 is 15.9 Å². The number of hydrogen-bond acceptors (Lipinski definition) is 2. The van der Waals surface area contributed by atoms with Crippen molar-refractivity contribution in [1.29, 1.82) is 0 Å². The van der Waals surface area contributed by atoms with Crippen molar-refractivity contribution in [2.45, 2.75) is 19.8 Å². The summed E-state index contributed by atoms with van der Waals surface area (Å²) < 4.78 is 0.877. The molecule has 0 aliphatic heterocycles. The monoisotopic (exact) mass is 318 g/mol. The van der Waals surface area contributed by atoms with E-state index in [2.05, 4.69) is 22.9 Å². The highest BCUT2D eigenvalue weighted by Gasteiger charge is 2.59. The smallest absolute Gasteiger partial charge is 0.167 e. The van der Waals surface area contributed by atoms with E-state index in [1.54, 1.807) is 0 Å². The molecule has 0 radical (unpaired) electrons. The molecule has 2 bridgehead atoms. The third-order valence-corrected chi connectivity index (χ3v) is 6.10. The maximum absolute atomic E-state index is 12.8. The average Bonchev–Trinajstić information content (AvgIpc) is 2.89. The molecule has 0 saturated heterocycles. The molecule has 3 heteroatoms. The van der Waals surface area contributed by atoms with Gasteiger partial charge in [0, 0.05) is 27.4 Å². The minimum absolute atomic E-state index is 0.0325. The van der Waals surface area contributed by atoms with E-state index in [9.17, 15) is 9.59 Å². The number of fused-ring (bicyclic) bond motifs is 6. The molecule has 0 amide bonds. The number of rotatable bonds is 0. The van der Waals surface area contributed by atoms with Crippen molar-refractivity contribution in [3.05, 3.63) is 33.8 Å². The van der Waals surface area contributed by atoms with Crippen LogP contribution in [0.3, 0.4) is 0 Å². The maximum Gasteiger partial charge on any atom is 0.167 e. The molecule has 2 saturated carbocycles. The lowest BCUT2D eigenvalue weighted by Gasteiger charge is -2.33. The summed E-state index contributed by atoms with van der Waals surface area (Å²) in [6, 6.07) is 5.50. The Morgan fingerprint density at radius 3 is 2.21 bits per heavy atom.